The zero-order valence-corrected chi connectivity index (χ0v) is 11.4. The Hall–Kier alpha value is -0.670. The number of phosphoric acid groups is 1. The Morgan fingerprint density at radius 2 is 1.65 bits per heavy atom. The quantitative estimate of drug-likeness (QED) is 0.695. The molecule has 0 aliphatic heterocycles. The molecule has 0 saturated heterocycles. The Balaban J connectivity index is 2.71. The van der Waals surface area contributed by atoms with E-state index in [1.165, 1.54) is 0 Å². The van der Waals surface area contributed by atoms with Gasteiger partial charge in [-0.2, -0.15) is 0 Å². The van der Waals surface area contributed by atoms with E-state index in [1.807, 2.05) is 37.3 Å². The Bertz CT molecular complexity index is 356. The molecule has 5 heteroatoms. The molecule has 1 aromatic rings. The minimum Gasteiger partial charge on any atom is -0.287 e. The predicted octanol–water partition coefficient (Wildman–Crippen LogP) is 3.95. The van der Waals surface area contributed by atoms with Crippen molar-refractivity contribution in [1.29, 1.82) is 0 Å². The van der Waals surface area contributed by atoms with E-state index in [2.05, 4.69) is 0 Å². The normalized spacial score (nSPS) is 13.6. The second-order valence-corrected chi connectivity index (χ2v) is 5.06. The highest BCUT2D eigenvalue weighted by Crippen LogP contribution is 2.52. The highest BCUT2D eigenvalue weighted by Gasteiger charge is 2.28. The third kappa shape index (κ3) is 4.60. The van der Waals surface area contributed by atoms with Gasteiger partial charge in [-0.1, -0.05) is 30.3 Å². The van der Waals surface area contributed by atoms with E-state index in [0.717, 1.165) is 5.56 Å². The molecule has 0 aromatic heterocycles. The fraction of sp³-hybridized carbons (Fsp3) is 0.500. The summed E-state index contributed by atoms with van der Waals surface area (Å²) < 4.78 is 27.7. The molecule has 17 heavy (non-hydrogen) atoms. The van der Waals surface area contributed by atoms with Crippen LogP contribution in [0.2, 0.25) is 0 Å². The molecule has 0 aliphatic carbocycles. The fourth-order valence-electron chi connectivity index (χ4n) is 1.39. The summed E-state index contributed by atoms with van der Waals surface area (Å²) in [6.07, 6.45) is -0.333. The lowest BCUT2D eigenvalue weighted by Gasteiger charge is -2.20. The van der Waals surface area contributed by atoms with Gasteiger partial charge in [0.15, 0.2) is 0 Å². The van der Waals surface area contributed by atoms with Gasteiger partial charge in [-0.25, -0.2) is 4.57 Å². The molecule has 1 aromatic carbocycles. The summed E-state index contributed by atoms with van der Waals surface area (Å²) >= 11 is 0. The largest absolute Gasteiger partial charge is 0.475 e. The molecule has 0 heterocycles. The van der Waals surface area contributed by atoms with Crippen molar-refractivity contribution in [3.8, 4) is 0 Å². The number of benzene rings is 1. The van der Waals surface area contributed by atoms with E-state index in [0.29, 0.717) is 13.2 Å². The summed E-state index contributed by atoms with van der Waals surface area (Å²) in [6.45, 7) is 5.90. The molecular formula is C12H19O4P. The Kier molecular flexibility index (Phi) is 5.86. The lowest BCUT2D eigenvalue weighted by molar-refractivity contribution is 0.0908. The van der Waals surface area contributed by atoms with Crippen LogP contribution in [0.4, 0.5) is 0 Å². The van der Waals surface area contributed by atoms with Crippen LogP contribution in [0, 0.1) is 0 Å². The Labute approximate surface area is 103 Å². The van der Waals surface area contributed by atoms with Crippen molar-refractivity contribution in [3.05, 3.63) is 35.9 Å². The van der Waals surface area contributed by atoms with Crippen LogP contribution in [0.15, 0.2) is 30.3 Å². The molecule has 4 nitrogen and oxygen atoms in total. The second-order valence-electron chi connectivity index (χ2n) is 3.44. The fourth-order valence-corrected chi connectivity index (χ4v) is 2.73. The lowest BCUT2D eigenvalue weighted by Crippen LogP contribution is -2.04. The van der Waals surface area contributed by atoms with Crippen LogP contribution in [-0.4, -0.2) is 13.2 Å². The van der Waals surface area contributed by atoms with Crippen LogP contribution in [0.25, 0.3) is 0 Å². The van der Waals surface area contributed by atoms with Gasteiger partial charge in [-0.15, -0.1) is 0 Å². The zero-order chi connectivity index (χ0) is 12.7. The first-order valence-electron chi connectivity index (χ1n) is 5.73. The van der Waals surface area contributed by atoms with Crippen molar-refractivity contribution < 1.29 is 18.1 Å². The van der Waals surface area contributed by atoms with Crippen molar-refractivity contribution in [2.45, 2.75) is 26.9 Å². The number of hydrogen-bond acceptors (Lipinski definition) is 4. The van der Waals surface area contributed by atoms with Crippen LogP contribution in [0.1, 0.15) is 32.4 Å². The van der Waals surface area contributed by atoms with E-state index < -0.39 is 7.82 Å². The van der Waals surface area contributed by atoms with Gasteiger partial charge in [0.25, 0.3) is 0 Å². The van der Waals surface area contributed by atoms with Gasteiger partial charge in [-0.3, -0.25) is 13.6 Å². The molecule has 0 amide bonds. The Morgan fingerprint density at radius 3 is 2.12 bits per heavy atom. The van der Waals surface area contributed by atoms with Gasteiger partial charge in [0.05, 0.1) is 19.3 Å². The predicted molar refractivity (Wildman–Crippen MR) is 66.8 cm³/mol. The molecule has 1 atom stereocenters. The minimum atomic E-state index is -3.44. The molecular weight excluding hydrogens is 239 g/mol. The van der Waals surface area contributed by atoms with Crippen molar-refractivity contribution in [3.63, 3.8) is 0 Å². The van der Waals surface area contributed by atoms with Crippen LogP contribution in [0.5, 0.6) is 0 Å². The van der Waals surface area contributed by atoms with Crippen molar-refractivity contribution >= 4 is 7.82 Å². The monoisotopic (exact) mass is 258 g/mol. The first-order valence-corrected chi connectivity index (χ1v) is 7.19. The third-order valence-corrected chi connectivity index (χ3v) is 3.85. The number of hydrogen-bond donors (Lipinski definition) is 0. The maximum atomic E-state index is 12.1. The molecule has 0 bridgehead atoms. The number of rotatable bonds is 7. The molecule has 0 N–H and O–H groups in total. The highest BCUT2D eigenvalue weighted by molar-refractivity contribution is 7.48. The second kappa shape index (κ2) is 6.92. The molecule has 0 spiro atoms. The van der Waals surface area contributed by atoms with E-state index in [4.69, 9.17) is 13.6 Å². The van der Waals surface area contributed by atoms with Gasteiger partial charge < -0.3 is 0 Å². The minimum absolute atomic E-state index is 0.290. The van der Waals surface area contributed by atoms with Crippen LogP contribution >= 0.6 is 7.82 Å². The van der Waals surface area contributed by atoms with Crippen LogP contribution < -0.4 is 0 Å². The molecule has 0 saturated carbocycles. The standard InChI is InChI=1S/C12H19O4P/c1-4-14-17(13,15-5-2)16-11(3)12-9-7-6-8-10-12/h6-11H,4-5H2,1-3H3/t11-/m0/s1. The lowest BCUT2D eigenvalue weighted by atomic mass is 10.1. The van der Waals surface area contributed by atoms with Crippen LogP contribution in [0.3, 0.4) is 0 Å². The average Bonchev–Trinajstić information content (AvgIpc) is 2.30. The third-order valence-electron chi connectivity index (χ3n) is 2.13. The average molecular weight is 258 g/mol. The SMILES string of the molecule is CCOP(=O)(OCC)O[C@@H](C)c1ccccc1. The Morgan fingerprint density at radius 1 is 1.12 bits per heavy atom. The topological polar surface area (TPSA) is 44.8 Å². The van der Waals surface area contributed by atoms with Crippen LogP contribution in [-0.2, 0) is 18.1 Å². The summed E-state index contributed by atoms with van der Waals surface area (Å²) in [5, 5.41) is 0. The van der Waals surface area contributed by atoms with Gasteiger partial charge in [0, 0.05) is 0 Å². The molecule has 0 unspecified atom stereocenters. The van der Waals surface area contributed by atoms with Gasteiger partial charge in [-0.05, 0) is 26.3 Å². The molecule has 0 radical (unpaired) electrons. The maximum absolute atomic E-state index is 12.1. The first kappa shape index (κ1) is 14.4. The molecule has 96 valence electrons. The van der Waals surface area contributed by atoms with E-state index >= 15 is 0 Å². The highest BCUT2D eigenvalue weighted by atomic mass is 31.2. The smallest absolute Gasteiger partial charge is 0.287 e. The first-order chi connectivity index (χ1) is 8.11. The summed E-state index contributed by atoms with van der Waals surface area (Å²) in [6, 6.07) is 9.55. The van der Waals surface area contributed by atoms with Gasteiger partial charge in [0.2, 0.25) is 0 Å². The van der Waals surface area contributed by atoms with E-state index in [1.54, 1.807) is 13.8 Å². The van der Waals surface area contributed by atoms with Gasteiger partial charge >= 0.3 is 7.82 Å². The molecule has 1 rings (SSSR count). The van der Waals surface area contributed by atoms with Gasteiger partial charge in [0.1, 0.15) is 0 Å². The van der Waals surface area contributed by atoms with E-state index in [9.17, 15) is 4.57 Å². The molecule has 0 fully saturated rings. The van der Waals surface area contributed by atoms with Crippen molar-refractivity contribution in [2.75, 3.05) is 13.2 Å². The zero-order valence-electron chi connectivity index (χ0n) is 10.5. The summed E-state index contributed by atoms with van der Waals surface area (Å²) in [5.41, 5.74) is 0.937. The van der Waals surface area contributed by atoms with E-state index in [-0.39, 0.29) is 6.10 Å². The summed E-state index contributed by atoms with van der Waals surface area (Å²) in [7, 11) is -3.44. The molecule has 0 aliphatic rings. The summed E-state index contributed by atoms with van der Waals surface area (Å²) in [4.78, 5) is 0. The maximum Gasteiger partial charge on any atom is 0.475 e. The van der Waals surface area contributed by atoms with Crippen molar-refractivity contribution in [2.24, 2.45) is 0 Å². The summed E-state index contributed by atoms with van der Waals surface area (Å²) in [5.74, 6) is 0. The van der Waals surface area contributed by atoms with Crippen molar-refractivity contribution in [1.82, 2.24) is 0 Å². The number of phosphoric ester groups is 1.